The Bertz CT molecular complexity index is 438. The van der Waals surface area contributed by atoms with Crippen LogP contribution in [0.5, 0.6) is 0 Å². The van der Waals surface area contributed by atoms with Gasteiger partial charge in [-0.3, -0.25) is 0 Å². The van der Waals surface area contributed by atoms with Gasteiger partial charge < -0.3 is 21.3 Å². The monoisotopic (exact) mass is 290 g/mol. The molecule has 5 nitrogen and oxygen atoms in total. The van der Waals surface area contributed by atoms with Crippen LogP contribution in [0.25, 0.3) is 0 Å². The number of piperidine rings is 1. The van der Waals surface area contributed by atoms with E-state index in [2.05, 4.69) is 15.5 Å². The summed E-state index contributed by atoms with van der Waals surface area (Å²) in [6.07, 6.45) is 3.89. The van der Waals surface area contributed by atoms with E-state index in [9.17, 15) is 4.79 Å². The lowest BCUT2D eigenvalue weighted by atomic mass is 10.1. The molecule has 1 aliphatic heterocycles. The van der Waals surface area contributed by atoms with Gasteiger partial charge in [0.15, 0.2) is 0 Å². The lowest BCUT2D eigenvalue weighted by Crippen LogP contribution is -2.39. The number of amides is 2. The molecule has 1 aromatic carbocycles. The number of hydrogen-bond acceptors (Lipinski definition) is 3. The fourth-order valence-electron chi connectivity index (χ4n) is 2.56. The van der Waals surface area contributed by atoms with Gasteiger partial charge in [-0.25, -0.2) is 4.79 Å². The number of nitrogens with one attached hydrogen (secondary N) is 2. The third-order valence-electron chi connectivity index (χ3n) is 3.86. The second kappa shape index (κ2) is 8.00. The molecular formula is C16H26N4O. The normalized spacial score (nSPS) is 17.2. The van der Waals surface area contributed by atoms with Crippen molar-refractivity contribution in [1.82, 2.24) is 10.2 Å². The van der Waals surface area contributed by atoms with Crippen LogP contribution in [-0.4, -0.2) is 37.1 Å². The molecule has 1 fully saturated rings. The third kappa shape index (κ3) is 5.36. The third-order valence-corrected chi connectivity index (χ3v) is 3.86. The molecule has 1 aromatic rings. The Kier molecular flexibility index (Phi) is 6.02. The number of rotatable bonds is 5. The number of benzene rings is 1. The van der Waals surface area contributed by atoms with Crippen molar-refractivity contribution in [2.75, 3.05) is 31.5 Å². The number of nitrogens with zero attached hydrogens (tertiary/aromatic N) is 1. The topological polar surface area (TPSA) is 70.4 Å². The van der Waals surface area contributed by atoms with Crippen LogP contribution in [0.15, 0.2) is 24.3 Å². The molecule has 0 aliphatic carbocycles. The minimum Gasteiger partial charge on any atom is -0.337 e. The van der Waals surface area contributed by atoms with E-state index in [0.717, 1.165) is 30.9 Å². The van der Waals surface area contributed by atoms with Gasteiger partial charge in [-0.15, -0.1) is 0 Å². The highest BCUT2D eigenvalue weighted by Crippen LogP contribution is 2.14. The summed E-state index contributed by atoms with van der Waals surface area (Å²) in [5, 5.41) is 5.74. The predicted octanol–water partition coefficient (Wildman–Crippen LogP) is 2.31. The summed E-state index contributed by atoms with van der Waals surface area (Å²) in [4.78, 5) is 14.2. The van der Waals surface area contributed by atoms with Crippen LogP contribution in [0.2, 0.25) is 0 Å². The van der Waals surface area contributed by atoms with Crippen LogP contribution < -0.4 is 16.4 Å². The van der Waals surface area contributed by atoms with Crippen LogP contribution in [0.3, 0.4) is 0 Å². The Morgan fingerprint density at radius 1 is 1.24 bits per heavy atom. The highest BCUT2D eigenvalue weighted by molar-refractivity contribution is 5.89. The number of carbonyl (C=O) groups excluding carboxylic acids is 1. The van der Waals surface area contributed by atoms with Crippen molar-refractivity contribution in [2.45, 2.75) is 32.2 Å². The fourth-order valence-corrected chi connectivity index (χ4v) is 2.56. The number of carbonyl (C=O) groups is 1. The fraction of sp³-hybridized carbons (Fsp3) is 0.562. The van der Waals surface area contributed by atoms with Crippen LogP contribution in [-0.2, 0) is 0 Å². The van der Waals surface area contributed by atoms with Crippen molar-refractivity contribution in [3.8, 4) is 0 Å². The molecule has 2 rings (SSSR count). The maximum atomic E-state index is 11.8. The minimum atomic E-state index is -0.152. The van der Waals surface area contributed by atoms with Gasteiger partial charge in [-0.1, -0.05) is 18.6 Å². The van der Waals surface area contributed by atoms with Crippen LogP contribution >= 0.6 is 0 Å². The van der Waals surface area contributed by atoms with Crippen LogP contribution in [0, 0.1) is 0 Å². The average Bonchev–Trinajstić information content (AvgIpc) is 2.49. The molecule has 0 bridgehead atoms. The second-order valence-corrected chi connectivity index (χ2v) is 5.69. The van der Waals surface area contributed by atoms with Crippen molar-refractivity contribution in [3.05, 3.63) is 29.8 Å². The Morgan fingerprint density at radius 3 is 2.52 bits per heavy atom. The van der Waals surface area contributed by atoms with Crippen LogP contribution in [0.4, 0.5) is 10.5 Å². The summed E-state index contributed by atoms with van der Waals surface area (Å²) in [7, 11) is 0. The maximum Gasteiger partial charge on any atom is 0.319 e. The summed E-state index contributed by atoms with van der Waals surface area (Å²) in [5.74, 6) is 0. The molecule has 1 heterocycles. The van der Waals surface area contributed by atoms with Gasteiger partial charge in [0.05, 0.1) is 0 Å². The smallest absolute Gasteiger partial charge is 0.319 e. The van der Waals surface area contributed by atoms with E-state index in [-0.39, 0.29) is 12.1 Å². The number of likely N-dealkylation sites (tertiary alicyclic amines) is 1. The Hall–Kier alpha value is -1.59. The number of anilines is 1. The lowest BCUT2D eigenvalue weighted by molar-refractivity contribution is 0.224. The molecule has 0 spiro atoms. The van der Waals surface area contributed by atoms with E-state index in [0.29, 0.717) is 6.54 Å². The predicted molar refractivity (Wildman–Crippen MR) is 86.4 cm³/mol. The molecule has 1 atom stereocenters. The van der Waals surface area contributed by atoms with Crippen molar-refractivity contribution >= 4 is 11.7 Å². The van der Waals surface area contributed by atoms with Gasteiger partial charge in [-0.05, 0) is 50.6 Å². The summed E-state index contributed by atoms with van der Waals surface area (Å²) in [5.41, 5.74) is 7.65. The van der Waals surface area contributed by atoms with E-state index < -0.39 is 0 Å². The minimum absolute atomic E-state index is 0.0115. The Morgan fingerprint density at radius 2 is 1.90 bits per heavy atom. The molecule has 0 radical (unpaired) electrons. The van der Waals surface area contributed by atoms with Crippen molar-refractivity contribution < 1.29 is 4.79 Å². The second-order valence-electron chi connectivity index (χ2n) is 5.69. The quantitative estimate of drug-likeness (QED) is 0.779. The first-order chi connectivity index (χ1) is 10.1. The Balaban J connectivity index is 1.68. The molecule has 21 heavy (non-hydrogen) atoms. The zero-order valence-corrected chi connectivity index (χ0v) is 12.8. The Labute approximate surface area is 126 Å². The van der Waals surface area contributed by atoms with Gasteiger partial charge >= 0.3 is 6.03 Å². The van der Waals surface area contributed by atoms with E-state index in [1.165, 1.54) is 19.3 Å². The first-order valence-electron chi connectivity index (χ1n) is 7.78. The highest BCUT2D eigenvalue weighted by Gasteiger charge is 2.10. The molecule has 5 heteroatoms. The van der Waals surface area contributed by atoms with E-state index in [1.54, 1.807) is 0 Å². The summed E-state index contributed by atoms with van der Waals surface area (Å²) < 4.78 is 0. The standard InChI is InChI=1S/C16H26N4O/c1-13(17)14-5-7-15(8-6-14)19-16(21)18-9-12-20-10-3-2-4-11-20/h5-8,13H,2-4,9-12,17H2,1H3,(H2,18,19,21). The van der Waals surface area contributed by atoms with E-state index in [1.807, 2.05) is 31.2 Å². The molecule has 116 valence electrons. The molecule has 4 N–H and O–H groups in total. The van der Waals surface area contributed by atoms with Crippen molar-refractivity contribution in [2.24, 2.45) is 5.73 Å². The number of nitrogens with two attached hydrogens (primary N) is 1. The molecular weight excluding hydrogens is 264 g/mol. The molecule has 0 aromatic heterocycles. The van der Waals surface area contributed by atoms with Crippen LogP contribution in [0.1, 0.15) is 37.8 Å². The van der Waals surface area contributed by atoms with Gasteiger partial charge in [0, 0.05) is 24.8 Å². The first-order valence-corrected chi connectivity index (χ1v) is 7.78. The maximum absolute atomic E-state index is 11.8. The van der Waals surface area contributed by atoms with E-state index >= 15 is 0 Å². The SMILES string of the molecule is CC(N)c1ccc(NC(=O)NCCN2CCCCC2)cc1. The molecule has 0 saturated carbocycles. The average molecular weight is 290 g/mol. The number of hydrogen-bond donors (Lipinski definition) is 3. The first kappa shape index (κ1) is 15.8. The van der Waals surface area contributed by atoms with E-state index in [4.69, 9.17) is 5.73 Å². The van der Waals surface area contributed by atoms with Gasteiger partial charge in [0.2, 0.25) is 0 Å². The highest BCUT2D eigenvalue weighted by atomic mass is 16.2. The number of urea groups is 1. The van der Waals surface area contributed by atoms with Crippen molar-refractivity contribution in [3.63, 3.8) is 0 Å². The molecule has 1 unspecified atom stereocenters. The van der Waals surface area contributed by atoms with Crippen molar-refractivity contribution in [1.29, 1.82) is 0 Å². The van der Waals surface area contributed by atoms with Gasteiger partial charge in [0.25, 0.3) is 0 Å². The lowest BCUT2D eigenvalue weighted by Gasteiger charge is -2.26. The summed E-state index contributed by atoms with van der Waals surface area (Å²) in [6, 6.07) is 7.49. The van der Waals surface area contributed by atoms with Gasteiger partial charge in [0.1, 0.15) is 0 Å². The zero-order valence-electron chi connectivity index (χ0n) is 12.8. The summed E-state index contributed by atoms with van der Waals surface area (Å²) >= 11 is 0. The molecule has 1 saturated heterocycles. The largest absolute Gasteiger partial charge is 0.337 e. The van der Waals surface area contributed by atoms with Gasteiger partial charge in [-0.2, -0.15) is 0 Å². The molecule has 2 amide bonds. The zero-order chi connectivity index (χ0) is 15.1. The molecule has 1 aliphatic rings. The summed E-state index contributed by atoms with van der Waals surface area (Å²) in [6.45, 7) is 5.86.